The normalized spacial score (nSPS) is 13.4. The average Bonchev–Trinajstić information content (AvgIpc) is 2.56. The Hall–Kier alpha value is -1.79. The van der Waals surface area contributed by atoms with Gasteiger partial charge in [-0.2, -0.15) is 0 Å². The van der Waals surface area contributed by atoms with E-state index in [9.17, 15) is 19.1 Å². The minimum absolute atomic E-state index is 0.0489. The van der Waals surface area contributed by atoms with Crippen molar-refractivity contribution >= 4 is 12.2 Å². The molecule has 0 bridgehead atoms. The first-order chi connectivity index (χ1) is 11.0. The van der Waals surface area contributed by atoms with Crippen LogP contribution in [0.5, 0.6) is 0 Å². The van der Waals surface area contributed by atoms with Gasteiger partial charge < -0.3 is 14.7 Å². The molecule has 5 nitrogen and oxygen atoms in total. The number of nitrogens with zero attached hydrogens (tertiary/aromatic N) is 1. The van der Waals surface area contributed by atoms with E-state index >= 15 is 0 Å². The quantitative estimate of drug-likeness (QED) is 0.669. The van der Waals surface area contributed by atoms with Crippen molar-refractivity contribution in [2.24, 2.45) is 0 Å². The van der Waals surface area contributed by atoms with Crippen LogP contribution in [0.1, 0.15) is 40.5 Å². The van der Waals surface area contributed by atoms with Gasteiger partial charge in [-0.1, -0.05) is 18.2 Å². The summed E-state index contributed by atoms with van der Waals surface area (Å²) in [4.78, 5) is 24.8. The highest BCUT2D eigenvalue weighted by Gasteiger charge is 2.16. The largest absolute Gasteiger partial charge is 0.394 e. The lowest BCUT2D eigenvalue weighted by Gasteiger charge is -2.20. The zero-order chi connectivity index (χ0) is 17.2. The van der Waals surface area contributed by atoms with Gasteiger partial charge in [-0.25, -0.2) is 4.39 Å². The Bertz CT molecular complexity index is 507. The van der Waals surface area contributed by atoms with E-state index in [2.05, 4.69) is 0 Å². The van der Waals surface area contributed by atoms with Crippen LogP contribution in [0, 0.1) is 0 Å². The third-order valence-corrected chi connectivity index (χ3v) is 3.45. The van der Waals surface area contributed by atoms with Crippen molar-refractivity contribution < 1.29 is 23.8 Å². The molecule has 1 unspecified atom stereocenters. The summed E-state index contributed by atoms with van der Waals surface area (Å²) in [5.41, 5.74) is 0.726. The maximum Gasteiger partial charge on any atom is 0.254 e. The summed E-state index contributed by atoms with van der Waals surface area (Å²) in [5, 5.41) is 9.19. The Morgan fingerprint density at radius 2 is 2.13 bits per heavy atom. The van der Waals surface area contributed by atoms with E-state index < -0.39 is 12.3 Å². The number of carbonyl (C=O) groups excluding carboxylic acids is 2. The van der Waals surface area contributed by atoms with Crippen LogP contribution < -0.4 is 0 Å². The molecule has 0 aliphatic heterocycles. The SMILES string of the molecule is CC(F)CO[C@H](CO)CCCN(C)C(=O)c1ccccc1C=O. The molecule has 0 saturated heterocycles. The number of ether oxygens (including phenoxy) is 1. The topological polar surface area (TPSA) is 66.8 Å². The van der Waals surface area contributed by atoms with Crippen LogP contribution in [0.3, 0.4) is 0 Å². The Morgan fingerprint density at radius 1 is 1.43 bits per heavy atom. The first kappa shape index (κ1) is 19.3. The monoisotopic (exact) mass is 325 g/mol. The molecule has 1 amide bonds. The third kappa shape index (κ3) is 6.46. The number of aliphatic hydroxyl groups is 1. The molecule has 1 aromatic carbocycles. The number of hydrogen-bond donors (Lipinski definition) is 1. The Kier molecular flexibility index (Phi) is 8.43. The van der Waals surface area contributed by atoms with Crippen LogP contribution in [0.4, 0.5) is 4.39 Å². The third-order valence-electron chi connectivity index (χ3n) is 3.45. The van der Waals surface area contributed by atoms with Crippen molar-refractivity contribution in [1.29, 1.82) is 0 Å². The number of aldehydes is 1. The highest BCUT2D eigenvalue weighted by atomic mass is 19.1. The Labute approximate surface area is 136 Å². The Balaban J connectivity index is 2.48. The van der Waals surface area contributed by atoms with E-state index in [0.717, 1.165) is 0 Å². The number of carbonyl (C=O) groups is 2. The summed E-state index contributed by atoms with van der Waals surface area (Å²) in [5.74, 6) is -0.230. The minimum Gasteiger partial charge on any atom is -0.394 e. The van der Waals surface area contributed by atoms with Crippen LogP contribution >= 0.6 is 0 Å². The van der Waals surface area contributed by atoms with Crippen molar-refractivity contribution in [1.82, 2.24) is 4.90 Å². The van der Waals surface area contributed by atoms with Gasteiger partial charge in [0.2, 0.25) is 0 Å². The van der Waals surface area contributed by atoms with Crippen LogP contribution in [-0.4, -0.2) is 61.3 Å². The van der Waals surface area contributed by atoms with Crippen LogP contribution in [0.25, 0.3) is 0 Å². The molecular weight excluding hydrogens is 301 g/mol. The first-order valence-electron chi connectivity index (χ1n) is 7.65. The number of alkyl halides is 1. The van der Waals surface area contributed by atoms with Gasteiger partial charge in [0.15, 0.2) is 6.29 Å². The molecule has 0 fully saturated rings. The van der Waals surface area contributed by atoms with E-state index in [1.165, 1.54) is 11.8 Å². The van der Waals surface area contributed by atoms with E-state index in [-0.39, 0.29) is 19.1 Å². The summed E-state index contributed by atoms with van der Waals surface area (Å²) in [6.45, 7) is 1.62. The molecule has 0 aromatic heterocycles. The van der Waals surface area contributed by atoms with Crippen molar-refractivity contribution in [3.63, 3.8) is 0 Å². The molecular formula is C17H24FNO4. The molecule has 0 radical (unpaired) electrons. The van der Waals surface area contributed by atoms with Crippen molar-refractivity contribution in [2.75, 3.05) is 26.8 Å². The lowest BCUT2D eigenvalue weighted by molar-refractivity contribution is -0.0140. The fraction of sp³-hybridized carbons (Fsp3) is 0.529. The molecule has 23 heavy (non-hydrogen) atoms. The molecule has 0 saturated carbocycles. The summed E-state index contributed by atoms with van der Waals surface area (Å²) < 4.78 is 18.0. The number of aliphatic hydroxyl groups excluding tert-OH is 1. The second kappa shape index (κ2) is 10.1. The maximum atomic E-state index is 12.7. The van der Waals surface area contributed by atoms with Gasteiger partial charge in [-0.3, -0.25) is 9.59 Å². The summed E-state index contributed by atoms with van der Waals surface area (Å²) in [6.07, 6.45) is 0.287. The number of benzene rings is 1. The number of amides is 1. The van der Waals surface area contributed by atoms with Crippen molar-refractivity contribution in [3.05, 3.63) is 35.4 Å². The molecule has 1 rings (SSSR count). The van der Waals surface area contributed by atoms with Crippen LogP contribution in [0.2, 0.25) is 0 Å². The van der Waals surface area contributed by atoms with Gasteiger partial charge in [-0.15, -0.1) is 0 Å². The standard InChI is InChI=1S/C17H24FNO4/c1-13(18)12-23-15(11-21)7-5-9-19(2)17(22)16-8-4-3-6-14(16)10-20/h3-4,6,8,10,13,15,21H,5,7,9,11-12H2,1-2H3/t13?,15-/m0/s1. The molecule has 0 aliphatic carbocycles. The molecule has 0 heterocycles. The lowest BCUT2D eigenvalue weighted by Crippen LogP contribution is -2.30. The van der Waals surface area contributed by atoms with Gasteiger partial charge in [0.25, 0.3) is 5.91 Å². The predicted octanol–water partition coefficient (Wildman–Crippen LogP) is 2.09. The molecule has 1 aromatic rings. The van der Waals surface area contributed by atoms with Crippen molar-refractivity contribution in [3.8, 4) is 0 Å². The molecule has 6 heteroatoms. The van der Waals surface area contributed by atoms with Crippen LogP contribution in [-0.2, 0) is 4.74 Å². The number of hydrogen-bond acceptors (Lipinski definition) is 4. The molecule has 2 atom stereocenters. The van der Waals surface area contributed by atoms with Gasteiger partial charge in [0.05, 0.1) is 24.9 Å². The summed E-state index contributed by atoms with van der Waals surface area (Å²) in [6, 6.07) is 6.63. The fourth-order valence-electron chi connectivity index (χ4n) is 2.15. The average molecular weight is 325 g/mol. The highest BCUT2D eigenvalue weighted by Crippen LogP contribution is 2.11. The number of halogens is 1. The second-order valence-corrected chi connectivity index (χ2v) is 5.49. The van der Waals surface area contributed by atoms with E-state index in [1.54, 1.807) is 31.3 Å². The fourth-order valence-corrected chi connectivity index (χ4v) is 2.15. The second-order valence-electron chi connectivity index (χ2n) is 5.49. The van der Waals surface area contributed by atoms with Gasteiger partial charge >= 0.3 is 0 Å². The lowest BCUT2D eigenvalue weighted by atomic mass is 10.1. The van der Waals surface area contributed by atoms with Gasteiger partial charge in [0, 0.05) is 19.2 Å². The minimum atomic E-state index is -1.08. The first-order valence-corrected chi connectivity index (χ1v) is 7.65. The molecule has 1 N–H and O–H groups in total. The zero-order valence-corrected chi connectivity index (χ0v) is 13.6. The summed E-state index contributed by atoms with van der Waals surface area (Å²) >= 11 is 0. The smallest absolute Gasteiger partial charge is 0.254 e. The van der Waals surface area contributed by atoms with E-state index in [4.69, 9.17) is 4.74 Å². The highest BCUT2D eigenvalue weighted by molar-refractivity contribution is 6.01. The van der Waals surface area contributed by atoms with Crippen molar-refractivity contribution in [2.45, 2.75) is 32.0 Å². The Morgan fingerprint density at radius 3 is 2.74 bits per heavy atom. The van der Waals surface area contributed by atoms with E-state index in [1.807, 2.05) is 0 Å². The zero-order valence-electron chi connectivity index (χ0n) is 13.6. The maximum absolute atomic E-state index is 12.7. The molecule has 0 aliphatic rings. The van der Waals surface area contributed by atoms with Gasteiger partial charge in [-0.05, 0) is 25.8 Å². The summed E-state index contributed by atoms with van der Waals surface area (Å²) in [7, 11) is 1.66. The van der Waals surface area contributed by atoms with E-state index in [0.29, 0.717) is 36.8 Å². The molecule has 128 valence electrons. The van der Waals surface area contributed by atoms with Crippen LogP contribution in [0.15, 0.2) is 24.3 Å². The van der Waals surface area contributed by atoms with Gasteiger partial charge in [0.1, 0.15) is 6.17 Å². The predicted molar refractivity (Wildman–Crippen MR) is 85.4 cm³/mol. The molecule has 0 spiro atoms. The number of rotatable bonds is 10.